The summed E-state index contributed by atoms with van der Waals surface area (Å²) in [6, 6.07) is 10.7. The standard InChI is InChI=1S/C23H26ClFN2O4S/c24-21-15-20(9-10-22(21)25)32(29,30)27-13-11-16(12-14-27)23(28)26-17-5-7-19(8-6-17)31-18-3-1-2-4-18/h5-10,15-16,18H,1-4,11-14H2,(H,26,28). The van der Waals surface area contributed by atoms with E-state index in [4.69, 9.17) is 16.3 Å². The van der Waals surface area contributed by atoms with Crippen molar-refractivity contribution in [3.05, 3.63) is 53.3 Å². The van der Waals surface area contributed by atoms with Gasteiger partial charge in [0.25, 0.3) is 0 Å². The van der Waals surface area contributed by atoms with Crippen molar-refractivity contribution in [1.82, 2.24) is 4.31 Å². The molecule has 2 fully saturated rings. The quantitative estimate of drug-likeness (QED) is 0.642. The highest BCUT2D eigenvalue weighted by atomic mass is 35.5. The molecule has 0 atom stereocenters. The van der Waals surface area contributed by atoms with Crippen molar-refractivity contribution in [3.8, 4) is 5.75 Å². The highest BCUT2D eigenvalue weighted by Crippen LogP contribution is 2.28. The second-order valence-electron chi connectivity index (χ2n) is 8.29. The van der Waals surface area contributed by atoms with Gasteiger partial charge >= 0.3 is 0 Å². The topological polar surface area (TPSA) is 75.7 Å². The summed E-state index contributed by atoms with van der Waals surface area (Å²) in [6.45, 7) is 0.424. The van der Waals surface area contributed by atoms with E-state index in [1.807, 2.05) is 24.3 Å². The first-order valence-corrected chi connectivity index (χ1v) is 12.7. The largest absolute Gasteiger partial charge is 0.490 e. The minimum Gasteiger partial charge on any atom is -0.490 e. The Hall–Kier alpha value is -2.16. The molecule has 1 aliphatic heterocycles. The molecule has 172 valence electrons. The summed E-state index contributed by atoms with van der Waals surface area (Å²) < 4.78 is 46.2. The number of hydrogen-bond donors (Lipinski definition) is 1. The monoisotopic (exact) mass is 480 g/mol. The third-order valence-electron chi connectivity index (χ3n) is 6.08. The Bertz CT molecular complexity index is 1060. The fourth-order valence-electron chi connectivity index (χ4n) is 4.20. The van der Waals surface area contributed by atoms with Crippen molar-refractivity contribution in [2.45, 2.75) is 49.5 Å². The fraction of sp³-hybridized carbons (Fsp3) is 0.435. The molecule has 1 heterocycles. The first-order chi connectivity index (χ1) is 15.3. The molecule has 0 spiro atoms. The number of rotatable bonds is 6. The van der Waals surface area contributed by atoms with Crippen LogP contribution < -0.4 is 10.1 Å². The summed E-state index contributed by atoms with van der Waals surface area (Å²) >= 11 is 5.73. The Balaban J connectivity index is 1.30. The number of nitrogens with one attached hydrogen (secondary N) is 1. The van der Waals surface area contributed by atoms with Crippen LogP contribution in [0.15, 0.2) is 47.4 Å². The van der Waals surface area contributed by atoms with Crippen LogP contribution in [0.2, 0.25) is 5.02 Å². The lowest BCUT2D eigenvalue weighted by Crippen LogP contribution is -2.41. The number of ether oxygens (including phenoxy) is 1. The van der Waals surface area contributed by atoms with E-state index < -0.39 is 15.8 Å². The van der Waals surface area contributed by atoms with Crippen LogP contribution in [0.3, 0.4) is 0 Å². The number of piperidine rings is 1. The molecule has 0 unspecified atom stereocenters. The van der Waals surface area contributed by atoms with Gasteiger partial charge in [-0.3, -0.25) is 4.79 Å². The third-order valence-corrected chi connectivity index (χ3v) is 8.26. The van der Waals surface area contributed by atoms with E-state index in [-0.39, 0.29) is 40.9 Å². The van der Waals surface area contributed by atoms with Crippen LogP contribution in [0.5, 0.6) is 5.75 Å². The summed E-state index contributed by atoms with van der Waals surface area (Å²) in [5.41, 5.74) is 0.685. The molecule has 2 aliphatic rings. The van der Waals surface area contributed by atoms with Gasteiger partial charge in [0, 0.05) is 24.7 Å². The molecule has 2 aromatic rings. The lowest BCUT2D eigenvalue weighted by atomic mass is 9.97. The van der Waals surface area contributed by atoms with Gasteiger partial charge in [-0.2, -0.15) is 4.31 Å². The zero-order valence-corrected chi connectivity index (χ0v) is 19.2. The SMILES string of the molecule is O=C(Nc1ccc(OC2CCCC2)cc1)C1CCN(S(=O)(=O)c2ccc(F)c(Cl)c2)CC1. The summed E-state index contributed by atoms with van der Waals surface area (Å²) in [4.78, 5) is 12.6. The molecule has 1 aliphatic carbocycles. The average Bonchev–Trinajstić information content (AvgIpc) is 3.30. The van der Waals surface area contributed by atoms with Crippen LogP contribution in [-0.4, -0.2) is 37.8 Å². The fourth-order valence-corrected chi connectivity index (χ4v) is 5.95. The molecule has 4 rings (SSSR count). The van der Waals surface area contributed by atoms with Crippen molar-refractivity contribution < 1.29 is 22.3 Å². The Morgan fingerprint density at radius 2 is 1.69 bits per heavy atom. The van der Waals surface area contributed by atoms with E-state index in [1.165, 1.54) is 23.2 Å². The van der Waals surface area contributed by atoms with Gasteiger partial charge in [-0.05, 0) is 81.0 Å². The van der Waals surface area contributed by atoms with E-state index in [0.29, 0.717) is 18.5 Å². The Morgan fingerprint density at radius 1 is 1.03 bits per heavy atom. The molecule has 1 saturated carbocycles. The molecular weight excluding hydrogens is 455 g/mol. The Kier molecular flexibility index (Phi) is 7.02. The molecule has 32 heavy (non-hydrogen) atoms. The number of sulfonamides is 1. The van der Waals surface area contributed by atoms with E-state index in [1.54, 1.807) is 0 Å². The van der Waals surface area contributed by atoms with Crippen molar-refractivity contribution in [2.75, 3.05) is 18.4 Å². The van der Waals surface area contributed by atoms with Crippen LogP contribution >= 0.6 is 11.6 Å². The minimum atomic E-state index is -3.79. The van der Waals surface area contributed by atoms with E-state index in [2.05, 4.69) is 5.32 Å². The molecule has 9 heteroatoms. The van der Waals surface area contributed by atoms with Crippen molar-refractivity contribution in [1.29, 1.82) is 0 Å². The van der Waals surface area contributed by atoms with E-state index >= 15 is 0 Å². The zero-order chi connectivity index (χ0) is 22.7. The second kappa shape index (κ2) is 9.77. The summed E-state index contributed by atoms with van der Waals surface area (Å²) in [5, 5.41) is 2.67. The number of hydrogen-bond acceptors (Lipinski definition) is 4. The zero-order valence-electron chi connectivity index (χ0n) is 17.6. The first kappa shape index (κ1) is 23.0. The van der Waals surface area contributed by atoms with Gasteiger partial charge in [-0.25, -0.2) is 12.8 Å². The number of benzene rings is 2. The summed E-state index contributed by atoms with van der Waals surface area (Å²) in [6.07, 6.45) is 5.67. The van der Waals surface area contributed by atoms with Crippen molar-refractivity contribution in [3.63, 3.8) is 0 Å². The van der Waals surface area contributed by atoms with Gasteiger partial charge in [0.1, 0.15) is 11.6 Å². The summed E-state index contributed by atoms with van der Waals surface area (Å²) in [7, 11) is -3.79. The number of amides is 1. The highest BCUT2D eigenvalue weighted by Gasteiger charge is 2.32. The average molecular weight is 481 g/mol. The van der Waals surface area contributed by atoms with Crippen molar-refractivity contribution in [2.24, 2.45) is 5.92 Å². The number of halogens is 2. The first-order valence-electron chi connectivity index (χ1n) is 10.9. The molecule has 0 radical (unpaired) electrons. The van der Waals surface area contributed by atoms with E-state index in [9.17, 15) is 17.6 Å². The number of anilines is 1. The van der Waals surface area contributed by atoms with Gasteiger partial charge in [0.05, 0.1) is 16.0 Å². The molecule has 1 saturated heterocycles. The predicted octanol–water partition coefficient (Wildman–Crippen LogP) is 4.84. The number of carbonyl (C=O) groups is 1. The van der Waals surface area contributed by atoms with Crippen LogP contribution in [0.1, 0.15) is 38.5 Å². The second-order valence-corrected chi connectivity index (χ2v) is 10.6. The molecule has 2 aromatic carbocycles. The van der Waals surface area contributed by atoms with Gasteiger partial charge in [0.15, 0.2) is 0 Å². The maximum atomic E-state index is 13.4. The molecular formula is C23H26ClFN2O4S. The van der Waals surface area contributed by atoms with Crippen LogP contribution in [0, 0.1) is 11.7 Å². The maximum Gasteiger partial charge on any atom is 0.243 e. The Labute approximate surface area is 192 Å². The maximum absolute atomic E-state index is 13.4. The summed E-state index contributed by atoms with van der Waals surface area (Å²) in [5.74, 6) is -0.280. The van der Waals surface area contributed by atoms with Gasteiger partial charge < -0.3 is 10.1 Å². The minimum absolute atomic E-state index is 0.0493. The molecule has 0 bridgehead atoms. The lowest BCUT2D eigenvalue weighted by molar-refractivity contribution is -0.120. The van der Waals surface area contributed by atoms with Crippen LogP contribution in [0.4, 0.5) is 10.1 Å². The number of nitrogens with zero attached hydrogens (tertiary/aromatic N) is 1. The normalized spacial score (nSPS) is 18.6. The van der Waals surface area contributed by atoms with Gasteiger partial charge in [0.2, 0.25) is 15.9 Å². The van der Waals surface area contributed by atoms with Gasteiger partial charge in [-0.1, -0.05) is 11.6 Å². The molecule has 1 amide bonds. The molecule has 1 N–H and O–H groups in total. The smallest absolute Gasteiger partial charge is 0.243 e. The number of carbonyl (C=O) groups excluding carboxylic acids is 1. The third kappa shape index (κ3) is 5.24. The van der Waals surface area contributed by atoms with Crippen LogP contribution in [0.25, 0.3) is 0 Å². The lowest BCUT2D eigenvalue weighted by Gasteiger charge is -2.30. The van der Waals surface area contributed by atoms with E-state index in [0.717, 1.165) is 30.7 Å². The molecule has 6 nitrogen and oxygen atoms in total. The van der Waals surface area contributed by atoms with Gasteiger partial charge in [-0.15, -0.1) is 0 Å². The van der Waals surface area contributed by atoms with Crippen molar-refractivity contribution >= 4 is 33.2 Å². The predicted molar refractivity (Wildman–Crippen MR) is 121 cm³/mol. The highest BCUT2D eigenvalue weighted by molar-refractivity contribution is 7.89. The van der Waals surface area contributed by atoms with Crippen LogP contribution in [-0.2, 0) is 14.8 Å². The molecule has 0 aromatic heterocycles. The Morgan fingerprint density at radius 3 is 2.31 bits per heavy atom.